The first-order valence-electron chi connectivity index (χ1n) is 13.7. The van der Waals surface area contributed by atoms with Crippen molar-refractivity contribution in [1.82, 2.24) is 9.97 Å². The average Bonchev–Trinajstić information content (AvgIpc) is 3.14. The van der Waals surface area contributed by atoms with E-state index in [1.54, 1.807) is 0 Å². The molecule has 0 aliphatic heterocycles. The molecule has 1 aliphatic carbocycles. The van der Waals surface area contributed by atoms with Crippen molar-refractivity contribution in [3.8, 4) is 33.6 Å². The van der Waals surface area contributed by atoms with Gasteiger partial charge in [-0.2, -0.15) is 0 Å². The molecule has 0 bridgehead atoms. The second kappa shape index (κ2) is 8.94. The number of hydrogen-bond acceptors (Lipinski definition) is 2. The third-order valence-electron chi connectivity index (χ3n) is 9.13. The first-order chi connectivity index (χ1) is 17.5. The molecule has 4 aromatic rings. The average molecular weight is 489 g/mol. The lowest BCUT2D eigenvalue weighted by atomic mass is 9.77. The molecular formula is C35H40N2. The summed E-state index contributed by atoms with van der Waals surface area (Å²) in [6, 6.07) is 22.6. The maximum Gasteiger partial charge on any atom is 0.0886 e. The highest BCUT2D eigenvalue weighted by Gasteiger charge is 2.36. The molecule has 0 saturated heterocycles. The highest BCUT2D eigenvalue weighted by atomic mass is 14.8. The van der Waals surface area contributed by atoms with Crippen molar-refractivity contribution in [2.45, 2.75) is 84.5 Å². The third kappa shape index (κ3) is 4.31. The molecule has 0 N–H and O–H groups in total. The Labute approximate surface area is 223 Å². The standard InChI is InChI=1S/C35H40N2/c1-9-33(3,4)25-13-16-28-27-15-11-23(19-29(27)35(7,8)30(28)20-25)24-12-17-31(36-21-24)32-18-14-26(22-37-32)34(5,6)10-2/h11-22H,9-10H2,1-8H3. The van der Waals surface area contributed by atoms with Crippen molar-refractivity contribution < 1.29 is 0 Å². The van der Waals surface area contributed by atoms with Gasteiger partial charge in [0, 0.05) is 23.4 Å². The van der Waals surface area contributed by atoms with Gasteiger partial charge in [-0.05, 0) is 80.8 Å². The van der Waals surface area contributed by atoms with E-state index in [2.05, 4.69) is 116 Å². The van der Waals surface area contributed by atoms with Crippen molar-refractivity contribution >= 4 is 0 Å². The van der Waals surface area contributed by atoms with E-state index < -0.39 is 0 Å². The molecule has 2 aromatic heterocycles. The lowest BCUT2D eigenvalue weighted by Crippen LogP contribution is -2.19. The van der Waals surface area contributed by atoms with Crippen molar-refractivity contribution in [1.29, 1.82) is 0 Å². The van der Waals surface area contributed by atoms with E-state index in [0.29, 0.717) is 0 Å². The molecule has 2 nitrogen and oxygen atoms in total. The Hall–Kier alpha value is -3.26. The molecule has 0 amide bonds. The van der Waals surface area contributed by atoms with Crippen molar-refractivity contribution in [3.05, 3.63) is 95.3 Å². The highest BCUT2D eigenvalue weighted by molar-refractivity contribution is 5.84. The summed E-state index contributed by atoms with van der Waals surface area (Å²) >= 11 is 0. The molecule has 0 fully saturated rings. The minimum atomic E-state index is -0.0359. The summed E-state index contributed by atoms with van der Waals surface area (Å²) in [6.07, 6.45) is 6.20. The molecule has 0 unspecified atom stereocenters. The van der Waals surface area contributed by atoms with Gasteiger partial charge >= 0.3 is 0 Å². The summed E-state index contributed by atoms with van der Waals surface area (Å²) in [4.78, 5) is 9.51. The van der Waals surface area contributed by atoms with Gasteiger partial charge in [-0.1, -0.05) is 97.9 Å². The van der Waals surface area contributed by atoms with Gasteiger partial charge in [0.2, 0.25) is 0 Å². The summed E-state index contributed by atoms with van der Waals surface area (Å²) in [5.41, 5.74) is 12.7. The second-order valence-electron chi connectivity index (χ2n) is 12.5. The molecular weight excluding hydrogens is 448 g/mol. The Bertz CT molecular complexity index is 1440. The second-order valence-corrected chi connectivity index (χ2v) is 12.5. The smallest absolute Gasteiger partial charge is 0.0886 e. The third-order valence-corrected chi connectivity index (χ3v) is 9.13. The van der Waals surface area contributed by atoms with Crippen LogP contribution in [0.15, 0.2) is 73.1 Å². The fourth-order valence-corrected chi connectivity index (χ4v) is 5.41. The van der Waals surface area contributed by atoms with Crippen LogP contribution in [0.1, 0.15) is 90.5 Å². The van der Waals surface area contributed by atoms with Crippen LogP contribution in [0.2, 0.25) is 0 Å². The van der Waals surface area contributed by atoms with Crippen LogP contribution in [-0.4, -0.2) is 9.97 Å². The molecule has 37 heavy (non-hydrogen) atoms. The van der Waals surface area contributed by atoms with E-state index in [1.807, 2.05) is 12.4 Å². The number of aromatic nitrogens is 2. The Kier molecular flexibility index (Phi) is 6.14. The molecule has 190 valence electrons. The van der Waals surface area contributed by atoms with Gasteiger partial charge in [0.05, 0.1) is 11.4 Å². The Morgan fingerprint density at radius 2 is 1.11 bits per heavy atom. The molecule has 2 heteroatoms. The number of hydrogen-bond donors (Lipinski definition) is 0. The van der Waals surface area contributed by atoms with Crippen LogP contribution >= 0.6 is 0 Å². The zero-order valence-corrected chi connectivity index (χ0v) is 23.7. The van der Waals surface area contributed by atoms with Crippen LogP contribution in [-0.2, 0) is 16.2 Å². The number of rotatable bonds is 6. The van der Waals surface area contributed by atoms with Crippen molar-refractivity contribution in [2.24, 2.45) is 0 Å². The summed E-state index contributed by atoms with van der Waals surface area (Å²) < 4.78 is 0. The summed E-state index contributed by atoms with van der Waals surface area (Å²) in [7, 11) is 0. The number of fused-ring (bicyclic) bond motifs is 3. The van der Waals surface area contributed by atoms with Gasteiger partial charge in [-0.15, -0.1) is 0 Å². The maximum atomic E-state index is 4.79. The van der Waals surface area contributed by atoms with Crippen LogP contribution in [0.3, 0.4) is 0 Å². The Balaban J connectivity index is 1.45. The highest BCUT2D eigenvalue weighted by Crippen LogP contribution is 2.50. The van der Waals surface area contributed by atoms with Gasteiger partial charge < -0.3 is 0 Å². The SMILES string of the molecule is CCC(C)(C)c1ccc(-c2ccc(-c3ccc4c(c3)C(C)(C)c3cc(C(C)(C)CC)ccc3-4)cn2)nc1. The van der Waals surface area contributed by atoms with Crippen LogP contribution in [0.4, 0.5) is 0 Å². The minimum Gasteiger partial charge on any atom is -0.254 e. The Morgan fingerprint density at radius 1 is 0.595 bits per heavy atom. The molecule has 0 spiro atoms. The van der Waals surface area contributed by atoms with E-state index in [9.17, 15) is 0 Å². The van der Waals surface area contributed by atoms with Gasteiger partial charge in [0.15, 0.2) is 0 Å². The first kappa shape index (κ1) is 25.4. The molecule has 0 saturated carbocycles. The maximum absolute atomic E-state index is 4.79. The predicted octanol–water partition coefficient (Wildman–Crippen LogP) is 9.49. The minimum absolute atomic E-state index is 0.0359. The van der Waals surface area contributed by atoms with Crippen LogP contribution < -0.4 is 0 Å². The van der Waals surface area contributed by atoms with E-state index in [0.717, 1.165) is 29.8 Å². The van der Waals surface area contributed by atoms with E-state index in [1.165, 1.54) is 38.9 Å². The summed E-state index contributed by atoms with van der Waals surface area (Å²) in [6.45, 7) is 18.4. The van der Waals surface area contributed by atoms with E-state index in [4.69, 9.17) is 9.97 Å². The predicted molar refractivity (Wildman–Crippen MR) is 157 cm³/mol. The lowest BCUT2D eigenvalue weighted by Gasteiger charge is -2.27. The fourth-order valence-electron chi connectivity index (χ4n) is 5.41. The lowest BCUT2D eigenvalue weighted by molar-refractivity contribution is 0.504. The Morgan fingerprint density at radius 3 is 1.68 bits per heavy atom. The molecule has 5 rings (SSSR count). The van der Waals surface area contributed by atoms with Gasteiger partial charge in [0.25, 0.3) is 0 Å². The zero-order valence-electron chi connectivity index (χ0n) is 23.7. The monoisotopic (exact) mass is 488 g/mol. The van der Waals surface area contributed by atoms with Gasteiger partial charge in [0.1, 0.15) is 0 Å². The van der Waals surface area contributed by atoms with Crippen LogP contribution in [0.5, 0.6) is 0 Å². The molecule has 2 heterocycles. The van der Waals surface area contributed by atoms with Gasteiger partial charge in [-0.25, -0.2) is 0 Å². The molecule has 0 radical (unpaired) electrons. The molecule has 0 atom stereocenters. The van der Waals surface area contributed by atoms with Crippen LogP contribution in [0.25, 0.3) is 33.6 Å². The largest absolute Gasteiger partial charge is 0.254 e. The molecule has 2 aromatic carbocycles. The summed E-state index contributed by atoms with van der Waals surface area (Å²) in [5, 5.41) is 0. The van der Waals surface area contributed by atoms with Crippen molar-refractivity contribution in [2.75, 3.05) is 0 Å². The zero-order chi connectivity index (χ0) is 26.6. The molecule has 1 aliphatic rings. The van der Waals surface area contributed by atoms with Crippen molar-refractivity contribution in [3.63, 3.8) is 0 Å². The normalized spacial score (nSPS) is 14.4. The number of pyridine rings is 2. The fraction of sp³-hybridized carbons (Fsp3) is 0.371. The number of nitrogens with zero attached hydrogens (tertiary/aromatic N) is 2. The number of benzene rings is 2. The summed E-state index contributed by atoms with van der Waals surface area (Å²) in [5.74, 6) is 0. The topological polar surface area (TPSA) is 25.8 Å². The van der Waals surface area contributed by atoms with Crippen LogP contribution in [0, 0.1) is 0 Å². The van der Waals surface area contributed by atoms with E-state index >= 15 is 0 Å². The van der Waals surface area contributed by atoms with E-state index in [-0.39, 0.29) is 16.2 Å². The van der Waals surface area contributed by atoms with Gasteiger partial charge in [-0.3, -0.25) is 9.97 Å². The first-order valence-corrected chi connectivity index (χ1v) is 13.7. The quantitative estimate of drug-likeness (QED) is 0.270.